The van der Waals surface area contributed by atoms with E-state index < -0.39 is 10.0 Å². The van der Waals surface area contributed by atoms with Crippen LogP contribution in [0.15, 0.2) is 53.4 Å². The van der Waals surface area contributed by atoms with E-state index >= 15 is 0 Å². The van der Waals surface area contributed by atoms with Crippen molar-refractivity contribution in [2.45, 2.75) is 23.2 Å². The number of nitrogens with two attached hydrogens (primary N) is 1. The van der Waals surface area contributed by atoms with Gasteiger partial charge in [0.05, 0.1) is 4.90 Å². The summed E-state index contributed by atoms with van der Waals surface area (Å²) in [6.07, 6.45) is 0.796. The van der Waals surface area contributed by atoms with E-state index in [-0.39, 0.29) is 22.5 Å². The molecule has 0 amide bonds. The van der Waals surface area contributed by atoms with Gasteiger partial charge in [-0.3, -0.25) is 0 Å². The summed E-state index contributed by atoms with van der Waals surface area (Å²) in [6.45, 7) is 0. The molecule has 3 aromatic rings. The van der Waals surface area contributed by atoms with Crippen LogP contribution >= 0.6 is 11.5 Å². The fourth-order valence-electron chi connectivity index (χ4n) is 2.99. The third-order valence-corrected chi connectivity index (χ3v) is 6.09. The molecule has 8 heteroatoms. The Morgan fingerprint density at radius 3 is 2.68 bits per heavy atom. The molecule has 1 aliphatic carbocycles. The summed E-state index contributed by atoms with van der Waals surface area (Å²) in [5.74, 6) is 0.329. The SMILES string of the molecule is NS(=O)(=O)c1ccccc1C1CC1c1nc(-c2cccc(F)c2)ns1. The third kappa shape index (κ3) is 3.20. The van der Waals surface area contributed by atoms with Crippen LogP contribution in [-0.4, -0.2) is 17.8 Å². The van der Waals surface area contributed by atoms with Crippen LogP contribution in [0.4, 0.5) is 4.39 Å². The van der Waals surface area contributed by atoms with Crippen molar-refractivity contribution in [1.82, 2.24) is 9.36 Å². The Labute approximate surface area is 148 Å². The number of hydrogen-bond donors (Lipinski definition) is 1. The van der Waals surface area contributed by atoms with E-state index in [0.29, 0.717) is 11.4 Å². The van der Waals surface area contributed by atoms with Gasteiger partial charge in [0.2, 0.25) is 10.0 Å². The quantitative estimate of drug-likeness (QED) is 0.758. The van der Waals surface area contributed by atoms with Gasteiger partial charge in [0.1, 0.15) is 10.8 Å². The summed E-state index contributed by atoms with van der Waals surface area (Å²) in [5, 5.41) is 6.14. The Balaban J connectivity index is 1.61. The van der Waals surface area contributed by atoms with Crippen LogP contribution in [0.3, 0.4) is 0 Å². The van der Waals surface area contributed by atoms with Gasteiger partial charge in [0.25, 0.3) is 0 Å². The van der Waals surface area contributed by atoms with E-state index in [2.05, 4.69) is 9.36 Å². The first-order valence-corrected chi connectivity index (χ1v) is 9.97. The van der Waals surface area contributed by atoms with Crippen molar-refractivity contribution in [3.63, 3.8) is 0 Å². The Morgan fingerprint density at radius 1 is 1.12 bits per heavy atom. The molecule has 1 aromatic heterocycles. The first kappa shape index (κ1) is 16.3. The zero-order valence-electron chi connectivity index (χ0n) is 13.0. The number of aromatic nitrogens is 2. The second-order valence-electron chi connectivity index (χ2n) is 6.00. The average Bonchev–Trinajstić information content (AvgIpc) is 3.22. The van der Waals surface area contributed by atoms with Gasteiger partial charge in [-0.05, 0) is 47.6 Å². The lowest BCUT2D eigenvalue weighted by Gasteiger charge is -2.06. The highest BCUT2D eigenvalue weighted by atomic mass is 32.2. The maximum atomic E-state index is 13.3. The standard InChI is InChI=1S/C17H14FN3O2S2/c18-11-5-3-4-10(8-11)16-20-17(24-21-16)14-9-13(14)12-6-1-2-7-15(12)25(19,22)23/h1-8,13-14H,9H2,(H2,19,22,23). The van der Waals surface area contributed by atoms with Crippen molar-refractivity contribution in [3.05, 3.63) is 64.9 Å². The molecule has 1 aliphatic rings. The Bertz CT molecular complexity index is 1050. The van der Waals surface area contributed by atoms with Crippen LogP contribution in [0.2, 0.25) is 0 Å². The highest BCUT2D eigenvalue weighted by Crippen LogP contribution is 2.56. The molecule has 5 nitrogen and oxygen atoms in total. The summed E-state index contributed by atoms with van der Waals surface area (Å²) in [7, 11) is -3.76. The maximum Gasteiger partial charge on any atom is 0.238 e. The summed E-state index contributed by atoms with van der Waals surface area (Å²) >= 11 is 1.27. The summed E-state index contributed by atoms with van der Waals surface area (Å²) in [5.41, 5.74) is 1.35. The van der Waals surface area contributed by atoms with Gasteiger partial charge in [-0.1, -0.05) is 30.3 Å². The zero-order chi connectivity index (χ0) is 17.6. The molecule has 1 saturated carbocycles. The maximum absolute atomic E-state index is 13.3. The largest absolute Gasteiger partial charge is 0.238 e. The van der Waals surface area contributed by atoms with E-state index in [1.807, 2.05) is 0 Å². The van der Waals surface area contributed by atoms with Crippen molar-refractivity contribution in [1.29, 1.82) is 0 Å². The van der Waals surface area contributed by atoms with Crippen molar-refractivity contribution in [2.24, 2.45) is 5.14 Å². The summed E-state index contributed by atoms with van der Waals surface area (Å²) < 4.78 is 41.2. The highest BCUT2D eigenvalue weighted by molar-refractivity contribution is 7.89. The molecule has 1 fully saturated rings. The fraction of sp³-hybridized carbons (Fsp3) is 0.176. The minimum absolute atomic E-state index is 0.0582. The molecule has 128 valence electrons. The van der Waals surface area contributed by atoms with Crippen LogP contribution < -0.4 is 5.14 Å². The van der Waals surface area contributed by atoms with Gasteiger partial charge < -0.3 is 0 Å². The van der Waals surface area contributed by atoms with Gasteiger partial charge in [0, 0.05) is 11.5 Å². The Kier molecular flexibility index (Phi) is 3.90. The van der Waals surface area contributed by atoms with Gasteiger partial charge >= 0.3 is 0 Å². The molecule has 0 aliphatic heterocycles. The minimum atomic E-state index is -3.76. The number of halogens is 1. The molecular formula is C17H14FN3O2S2. The zero-order valence-corrected chi connectivity index (χ0v) is 14.6. The smallest absolute Gasteiger partial charge is 0.225 e. The molecule has 2 N–H and O–H groups in total. The molecule has 4 rings (SSSR count). The number of sulfonamides is 1. The predicted molar refractivity (Wildman–Crippen MR) is 93.2 cm³/mol. The molecule has 0 bridgehead atoms. The predicted octanol–water partition coefficient (Wildman–Crippen LogP) is 3.26. The molecule has 0 spiro atoms. The van der Waals surface area contributed by atoms with Crippen LogP contribution in [0.1, 0.15) is 28.8 Å². The monoisotopic (exact) mass is 375 g/mol. The molecule has 2 atom stereocenters. The number of primary sulfonamides is 1. The van der Waals surface area contributed by atoms with Gasteiger partial charge in [-0.2, -0.15) is 4.37 Å². The molecule has 0 radical (unpaired) electrons. The van der Waals surface area contributed by atoms with Crippen molar-refractivity contribution < 1.29 is 12.8 Å². The number of rotatable bonds is 4. The van der Waals surface area contributed by atoms with Gasteiger partial charge in [0.15, 0.2) is 5.82 Å². The van der Waals surface area contributed by atoms with Crippen molar-refractivity contribution in [2.75, 3.05) is 0 Å². The van der Waals surface area contributed by atoms with Crippen LogP contribution in [0.25, 0.3) is 11.4 Å². The Hall–Kier alpha value is -2.16. The normalized spacial score (nSPS) is 19.8. The van der Waals surface area contributed by atoms with Gasteiger partial charge in [-0.25, -0.2) is 22.9 Å². The van der Waals surface area contributed by atoms with Gasteiger partial charge in [-0.15, -0.1) is 0 Å². The minimum Gasteiger partial charge on any atom is -0.225 e. The van der Waals surface area contributed by atoms with E-state index in [1.54, 1.807) is 30.3 Å². The second-order valence-corrected chi connectivity index (χ2v) is 8.31. The van der Waals surface area contributed by atoms with Crippen molar-refractivity contribution >= 4 is 21.6 Å². The topological polar surface area (TPSA) is 85.9 Å². The summed E-state index contributed by atoms with van der Waals surface area (Å²) in [4.78, 5) is 4.68. The number of nitrogens with zero attached hydrogens (tertiary/aromatic N) is 2. The molecule has 25 heavy (non-hydrogen) atoms. The number of hydrogen-bond acceptors (Lipinski definition) is 5. The fourth-order valence-corrected chi connectivity index (χ4v) is 4.65. The molecule has 2 aromatic carbocycles. The lowest BCUT2D eigenvalue weighted by Crippen LogP contribution is -2.14. The third-order valence-electron chi connectivity index (χ3n) is 4.26. The molecule has 0 saturated heterocycles. The van der Waals surface area contributed by atoms with Crippen molar-refractivity contribution in [3.8, 4) is 11.4 Å². The van der Waals surface area contributed by atoms with E-state index in [1.165, 1.54) is 29.7 Å². The van der Waals surface area contributed by atoms with E-state index in [0.717, 1.165) is 17.0 Å². The molecule has 1 heterocycles. The van der Waals surface area contributed by atoms with E-state index in [9.17, 15) is 12.8 Å². The first-order valence-electron chi connectivity index (χ1n) is 7.65. The first-order chi connectivity index (χ1) is 11.9. The molecular weight excluding hydrogens is 361 g/mol. The van der Waals surface area contributed by atoms with Crippen LogP contribution in [0, 0.1) is 5.82 Å². The number of benzene rings is 2. The van der Waals surface area contributed by atoms with Crippen LogP contribution in [0.5, 0.6) is 0 Å². The average molecular weight is 375 g/mol. The Morgan fingerprint density at radius 2 is 1.92 bits per heavy atom. The summed E-state index contributed by atoms with van der Waals surface area (Å²) in [6, 6.07) is 12.9. The second kappa shape index (κ2) is 5.98. The lowest BCUT2D eigenvalue weighted by molar-refractivity contribution is 0.596. The molecule has 2 unspecified atom stereocenters. The lowest BCUT2D eigenvalue weighted by atomic mass is 10.1. The highest BCUT2D eigenvalue weighted by Gasteiger charge is 2.44. The van der Waals surface area contributed by atoms with E-state index in [4.69, 9.17) is 5.14 Å². The van der Waals surface area contributed by atoms with Crippen LogP contribution in [-0.2, 0) is 10.0 Å².